The minimum absolute atomic E-state index is 0.0107. The van der Waals surface area contributed by atoms with Gasteiger partial charge < -0.3 is 10.2 Å². The summed E-state index contributed by atoms with van der Waals surface area (Å²) in [5.74, 6) is -2.00. The smallest absolute Gasteiger partial charge is 0.251 e. The summed E-state index contributed by atoms with van der Waals surface area (Å²) in [6.45, 7) is 8.44. The Bertz CT molecular complexity index is 1140. The molecule has 0 aromatic heterocycles. The Balaban J connectivity index is 1.52. The average Bonchev–Trinajstić information content (AvgIpc) is 3.29. The van der Waals surface area contributed by atoms with Crippen LogP contribution in [0, 0.1) is 17.6 Å². The fourth-order valence-electron chi connectivity index (χ4n) is 5.58. The van der Waals surface area contributed by atoms with E-state index in [1.54, 1.807) is 19.2 Å². The van der Waals surface area contributed by atoms with Crippen LogP contribution in [0.4, 0.5) is 8.78 Å². The first-order valence-corrected chi connectivity index (χ1v) is 12.9. The topological polar surface area (TPSA) is 52.7 Å². The summed E-state index contributed by atoms with van der Waals surface area (Å²) in [6, 6.07) is 9.03. The molecule has 8 heteroatoms. The molecule has 2 fully saturated rings. The summed E-state index contributed by atoms with van der Waals surface area (Å²) in [5, 5.41) is 3.18. The van der Waals surface area contributed by atoms with Gasteiger partial charge in [0.05, 0.1) is 5.92 Å². The molecule has 0 spiro atoms. The first-order valence-electron chi connectivity index (χ1n) is 12.5. The van der Waals surface area contributed by atoms with Gasteiger partial charge in [0.25, 0.3) is 5.91 Å². The van der Waals surface area contributed by atoms with Crippen LogP contribution in [0.1, 0.15) is 66.9 Å². The van der Waals surface area contributed by atoms with Gasteiger partial charge in [-0.25, -0.2) is 8.78 Å². The monoisotopic (exact) mass is 517 g/mol. The van der Waals surface area contributed by atoms with E-state index in [1.165, 1.54) is 12.1 Å². The minimum atomic E-state index is -0.620. The van der Waals surface area contributed by atoms with Gasteiger partial charge in [-0.3, -0.25) is 14.5 Å². The number of amides is 2. The van der Waals surface area contributed by atoms with E-state index in [2.05, 4.69) is 31.0 Å². The van der Waals surface area contributed by atoms with Crippen LogP contribution >= 0.6 is 11.6 Å². The Hall–Kier alpha value is -2.51. The van der Waals surface area contributed by atoms with Crippen molar-refractivity contribution in [2.24, 2.45) is 5.92 Å². The molecule has 0 aliphatic carbocycles. The van der Waals surface area contributed by atoms with Gasteiger partial charge in [-0.05, 0) is 68.9 Å². The van der Waals surface area contributed by atoms with Crippen molar-refractivity contribution in [3.05, 3.63) is 69.7 Å². The van der Waals surface area contributed by atoms with E-state index in [0.29, 0.717) is 42.3 Å². The molecule has 2 aromatic rings. The lowest BCUT2D eigenvalue weighted by atomic mass is 9.84. The third-order valence-corrected chi connectivity index (χ3v) is 7.92. The minimum Gasteiger partial charge on any atom is -0.355 e. The van der Waals surface area contributed by atoms with Gasteiger partial charge in [0, 0.05) is 61.3 Å². The summed E-state index contributed by atoms with van der Waals surface area (Å²) in [7, 11) is 1.59. The lowest BCUT2D eigenvalue weighted by molar-refractivity contribution is -0.136. The molecule has 2 aromatic carbocycles. The predicted molar refractivity (Wildman–Crippen MR) is 137 cm³/mol. The van der Waals surface area contributed by atoms with Crippen LogP contribution in [-0.2, 0) is 4.79 Å². The number of nitrogens with one attached hydrogen (secondary N) is 1. The second kappa shape index (κ2) is 10.5. The molecule has 0 saturated carbocycles. The van der Waals surface area contributed by atoms with E-state index in [0.717, 1.165) is 24.5 Å². The van der Waals surface area contributed by atoms with Gasteiger partial charge in [-0.2, -0.15) is 0 Å². The van der Waals surface area contributed by atoms with Crippen LogP contribution in [0.15, 0.2) is 36.4 Å². The lowest BCUT2D eigenvalue weighted by Gasteiger charge is -2.35. The Kier molecular flexibility index (Phi) is 7.72. The number of carbonyl (C=O) groups excluding carboxylic acids is 2. The van der Waals surface area contributed by atoms with Crippen molar-refractivity contribution < 1.29 is 18.4 Å². The summed E-state index contributed by atoms with van der Waals surface area (Å²) in [6.07, 6.45) is 1.45. The molecule has 0 bridgehead atoms. The van der Waals surface area contributed by atoms with Crippen LogP contribution < -0.4 is 5.32 Å². The van der Waals surface area contributed by atoms with Crippen molar-refractivity contribution in [1.29, 1.82) is 0 Å². The van der Waals surface area contributed by atoms with Crippen molar-refractivity contribution in [3.8, 4) is 0 Å². The quantitative estimate of drug-likeness (QED) is 0.606. The first-order chi connectivity index (χ1) is 17.0. The number of halogens is 3. The molecule has 2 saturated heterocycles. The third-order valence-electron chi connectivity index (χ3n) is 7.68. The molecule has 1 unspecified atom stereocenters. The van der Waals surface area contributed by atoms with E-state index in [-0.39, 0.29) is 29.2 Å². The number of rotatable bonds is 4. The Labute approximate surface area is 216 Å². The molecule has 0 radical (unpaired) electrons. The summed E-state index contributed by atoms with van der Waals surface area (Å²) in [4.78, 5) is 30.3. The number of benzene rings is 2. The average molecular weight is 518 g/mol. The van der Waals surface area contributed by atoms with Gasteiger partial charge in [0.1, 0.15) is 11.6 Å². The molecule has 4 rings (SSSR count). The molecule has 36 heavy (non-hydrogen) atoms. The highest BCUT2D eigenvalue weighted by molar-refractivity contribution is 6.31. The van der Waals surface area contributed by atoms with Gasteiger partial charge in [0.2, 0.25) is 5.91 Å². The van der Waals surface area contributed by atoms with Crippen LogP contribution in [0.2, 0.25) is 5.02 Å². The number of hydrogen-bond acceptors (Lipinski definition) is 3. The van der Waals surface area contributed by atoms with Crippen molar-refractivity contribution in [3.63, 3.8) is 0 Å². The maximum atomic E-state index is 14.8. The zero-order valence-electron chi connectivity index (χ0n) is 21.3. The van der Waals surface area contributed by atoms with E-state index < -0.39 is 17.6 Å². The van der Waals surface area contributed by atoms with Crippen LogP contribution in [0.3, 0.4) is 0 Å². The summed E-state index contributed by atoms with van der Waals surface area (Å²) < 4.78 is 28.4. The Morgan fingerprint density at radius 3 is 2.28 bits per heavy atom. The molecule has 194 valence electrons. The second-order valence-corrected chi connectivity index (χ2v) is 11.3. The van der Waals surface area contributed by atoms with E-state index in [9.17, 15) is 18.4 Å². The normalized spacial score (nSPS) is 21.6. The maximum absolute atomic E-state index is 14.8. The van der Waals surface area contributed by atoms with Crippen molar-refractivity contribution in [2.75, 3.05) is 33.2 Å². The predicted octanol–water partition coefficient (Wildman–Crippen LogP) is 5.20. The van der Waals surface area contributed by atoms with E-state index in [4.69, 9.17) is 11.6 Å². The lowest BCUT2D eigenvalue weighted by Crippen LogP contribution is -2.44. The van der Waals surface area contributed by atoms with Crippen LogP contribution in [0.25, 0.3) is 0 Å². The van der Waals surface area contributed by atoms with Crippen molar-refractivity contribution in [2.45, 2.75) is 51.0 Å². The SMILES string of the molecule is CNC(=O)c1cc(Cl)ccc1C1CCN(C(=O)C2CN(C(C)(C)C)C[C@H]2c2ccc(F)cc2F)CC1. The van der Waals surface area contributed by atoms with Gasteiger partial charge in [-0.1, -0.05) is 23.7 Å². The third kappa shape index (κ3) is 5.42. The fraction of sp³-hybridized carbons (Fsp3) is 0.500. The molecule has 2 heterocycles. The summed E-state index contributed by atoms with van der Waals surface area (Å²) in [5.41, 5.74) is 1.73. The van der Waals surface area contributed by atoms with Crippen LogP contribution in [-0.4, -0.2) is 60.4 Å². The van der Waals surface area contributed by atoms with E-state index in [1.807, 2.05) is 11.0 Å². The summed E-state index contributed by atoms with van der Waals surface area (Å²) >= 11 is 6.14. The zero-order chi connectivity index (χ0) is 26.2. The standard InChI is InChI=1S/C28H34ClF2N3O2/c1-28(2,3)34-15-23(21-8-6-19(30)14-25(21)31)24(16-34)27(36)33-11-9-17(10-12-33)20-7-5-18(29)13-22(20)26(35)32-4/h5-8,13-14,17,23-24H,9-12,15-16H2,1-4H3,(H,32,35)/t23-,24?/m0/s1. The van der Waals surface area contributed by atoms with Gasteiger partial charge in [0.15, 0.2) is 0 Å². The van der Waals surface area contributed by atoms with Crippen molar-refractivity contribution >= 4 is 23.4 Å². The van der Waals surface area contributed by atoms with Crippen LogP contribution in [0.5, 0.6) is 0 Å². The molecule has 2 atom stereocenters. The second-order valence-electron chi connectivity index (χ2n) is 10.9. The number of nitrogens with zero attached hydrogens (tertiary/aromatic N) is 2. The highest BCUT2D eigenvalue weighted by Gasteiger charge is 2.44. The molecule has 2 aliphatic rings. The molecular weight excluding hydrogens is 484 g/mol. The number of carbonyl (C=O) groups is 2. The Morgan fingerprint density at radius 2 is 1.67 bits per heavy atom. The molecular formula is C28H34ClF2N3O2. The fourth-order valence-corrected chi connectivity index (χ4v) is 5.75. The molecule has 1 N–H and O–H groups in total. The maximum Gasteiger partial charge on any atom is 0.251 e. The molecule has 2 amide bonds. The number of piperidine rings is 1. The van der Waals surface area contributed by atoms with Crippen molar-refractivity contribution in [1.82, 2.24) is 15.1 Å². The zero-order valence-corrected chi connectivity index (χ0v) is 22.0. The Morgan fingerprint density at radius 1 is 1.00 bits per heavy atom. The van der Waals surface area contributed by atoms with E-state index >= 15 is 0 Å². The largest absolute Gasteiger partial charge is 0.355 e. The van der Waals surface area contributed by atoms with Gasteiger partial charge in [-0.15, -0.1) is 0 Å². The highest BCUT2D eigenvalue weighted by atomic mass is 35.5. The first kappa shape index (κ1) is 26.6. The number of likely N-dealkylation sites (tertiary alicyclic amines) is 2. The molecule has 2 aliphatic heterocycles. The number of hydrogen-bond donors (Lipinski definition) is 1. The van der Waals surface area contributed by atoms with Gasteiger partial charge >= 0.3 is 0 Å². The molecule has 5 nitrogen and oxygen atoms in total. The highest BCUT2D eigenvalue weighted by Crippen LogP contribution is 2.40.